The van der Waals surface area contributed by atoms with E-state index in [1.165, 1.54) is 6.21 Å². The zero-order valence-electron chi connectivity index (χ0n) is 19.4. The Labute approximate surface area is 193 Å². The Bertz CT molecular complexity index is 1000. The van der Waals surface area contributed by atoms with Crippen molar-refractivity contribution >= 4 is 29.6 Å². The maximum atomic E-state index is 12.3. The van der Waals surface area contributed by atoms with Crippen molar-refractivity contribution < 1.29 is 23.9 Å². The zero-order chi connectivity index (χ0) is 24.2. The molecule has 0 fully saturated rings. The van der Waals surface area contributed by atoms with Crippen LogP contribution in [0.25, 0.3) is 0 Å². The smallest absolute Gasteiger partial charge is 0.329 e. The van der Waals surface area contributed by atoms with Crippen LogP contribution in [0.15, 0.2) is 41.5 Å². The molecule has 0 saturated heterocycles. The molecule has 2 aromatic rings. The van der Waals surface area contributed by atoms with E-state index in [0.29, 0.717) is 35.9 Å². The molecule has 3 amide bonds. The summed E-state index contributed by atoms with van der Waals surface area (Å²) in [5, 5.41) is 9.07. The number of anilines is 1. The summed E-state index contributed by atoms with van der Waals surface area (Å²) in [7, 11) is 0. The number of carbonyl (C=O) groups excluding carboxylic acids is 3. The van der Waals surface area contributed by atoms with Crippen LogP contribution in [0.4, 0.5) is 5.69 Å². The van der Waals surface area contributed by atoms with Gasteiger partial charge < -0.3 is 20.1 Å². The number of hydrogen-bond acceptors (Lipinski definition) is 6. The predicted octanol–water partition coefficient (Wildman–Crippen LogP) is 2.70. The van der Waals surface area contributed by atoms with Crippen LogP contribution in [0.1, 0.15) is 37.0 Å². The predicted molar refractivity (Wildman–Crippen MR) is 127 cm³/mol. The minimum atomic E-state index is -0.848. The van der Waals surface area contributed by atoms with E-state index in [0.717, 1.165) is 17.5 Å². The fourth-order valence-corrected chi connectivity index (χ4v) is 2.91. The largest absolute Gasteiger partial charge is 0.490 e. The van der Waals surface area contributed by atoms with E-state index in [1.807, 2.05) is 45.9 Å². The summed E-state index contributed by atoms with van der Waals surface area (Å²) >= 11 is 0. The highest BCUT2D eigenvalue weighted by Gasteiger charge is 2.12. The van der Waals surface area contributed by atoms with Gasteiger partial charge in [0.25, 0.3) is 5.91 Å². The summed E-state index contributed by atoms with van der Waals surface area (Å²) in [6.07, 6.45) is 2.11. The second-order valence-electron chi connectivity index (χ2n) is 7.31. The molecule has 33 heavy (non-hydrogen) atoms. The van der Waals surface area contributed by atoms with Gasteiger partial charge in [0, 0.05) is 12.2 Å². The summed E-state index contributed by atoms with van der Waals surface area (Å²) in [5.41, 5.74) is 5.60. The van der Waals surface area contributed by atoms with Gasteiger partial charge in [0.1, 0.15) is 0 Å². The summed E-state index contributed by atoms with van der Waals surface area (Å²) in [5.74, 6) is -1.07. The lowest BCUT2D eigenvalue weighted by molar-refractivity contribution is -0.139. The second kappa shape index (κ2) is 12.8. The number of nitrogens with one attached hydrogen (secondary N) is 3. The first-order valence-corrected chi connectivity index (χ1v) is 10.7. The van der Waals surface area contributed by atoms with Gasteiger partial charge in [-0.1, -0.05) is 13.0 Å². The average Bonchev–Trinajstić information content (AvgIpc) is 2.76. The molecule has 2 aromatic carbocycles. The Balaban J connectivity index is 1.97. The first-order valence-electron chi connectivity index (χ1n) is 10.7. The van der Waals surface area contributed by atoms with Crippen molar-refractivity contribution in [2.45, 2.75) is 34.1 Å². The Kier molecular flexibility index (Phi) is 9.88. The van der Waals surface area contributed by atoms with E-state index >= 15 is 0 Å². The molecule has 0 aliphatic heterocycles. The second-order valence-corrected chi connectivity index (χ2v) is 7.31. The van der Waals surface area contributed by atoms with E-state index in [2.05, 4.69) is 21.2 Å². The van der Waals surface area contributed by atoms with Gasteiger partial charge in [-0.15, -0.1) is 0 Å². The molecule has 2 rings (SSSR count). The number of nitrogens with zero attached hydrogens (tertiary/aromatic N) is 1. The van der Waals surface area contributed by atoms with E-state index in [9.17, 15) is 14.4 Å². The van der Waals surface area contributed by atoms with Gasteiger partial charge in [0.2, 0.25) is 0 Å². The number of ether oxygens (including phenoxy) is 2. The molecular weight excluding hydrogens is 424 g/mol. The van der Waals surface area contributed by atoms with Crippen LogP contribution >= 0.6 is 0 Å². The van der Waals surface area contributed by atoms with Crippen LogP contribution < -0.4 is 25.5 Å². The number of hydrogen-bond donors (Lipinski definition) is 3. The minimum Gasteiger partial charge on any atom is -0.490 e. The average molecular weight is 455 g/mol. The normalized spacial score (nSPS) is 10.5. The number of rotatable bonds is 10. The molecule has 0 saturated carbocycles. The highest BCUT2D eigenvalue weighted by molar-refractivity contribution is 6.35. The van der Waals surface area contributed by atoms with Gasteiger partial charge >= 0.3 is 11.8 Å². The number of amides is 3. The van der Waals surface area contributed by atoms with Crippen molar-refractivity contribution in [3.8, 4) is 11.5 Å². The molecule has 0 bridgehead atoms. The number of carbonyl (C=O) groups is 3. The molecular formula is C24H30N4O5. The fraction of sp³-hybridized carbons (Fsp3) is 0.333. The molecule has 0 unspecified atom stereocenters. The third-order valence-corrected chi connectivity index (χ3v) is 4.25. The van der Waals surface area contributed by atoms with Crippen LogP contribution in [-0.4, -0.2) is 43.7 Å². The van der Waals surface area contributed by atoms with Crippen LogP contribution in [0, 0.1) is 13.8 Å². The highest BCUT2D eigenvalue weighted by Crippen LogP contribution is 2.28. The summed E-state index contributed by atoms with van der Waals surface area (Å²) < 4.78 is 11.2. The van der Waals surface area contributed by atoms with E-state index < -0.39 is 11.8 Å². The van der Waals surface area contributed by atoms with E-state index in [1.54, 1.807) is 18.2 Å². The summed E-state index contributed by atoms with van der Waals surface area (Å²) in [6, 6.07) is 10.8. The number of benzene rings is 2. The van der Waals surface area contributed by atoms with E-state index in [4.69, 9.17) is 9.47 Å². The maximum Gasteiger partial charge on any atom is 0.329 e. The van der Waals surface area contributed by atoms with Crippen molar-refractivity contribution in [2.75, 3.05) is 25.1 Å². The van der Waals surface area contributed by atoms with Crippen molar-refractivity contribution in [1.29, 1.82) is 0 Å². The number of aryl methyl sites for hydroxylation is 2. The molecule has 0 radical (unpaired) electrons. The molecule has 3 N–H and O–H groups in total. The van der Waals surface area contributed by atoms with Crippen LogP contribution in [-0.2, 0) is 14.4 Å². The third-order valence-electron chi connectivity index (χ3n) is 4.25. The van der Waals surface area contributed by atoms with Gasteiger partial charge in [-0.25, -0.2) is 5.43 Å². The standard InChI is InChI=1S/C24H30N4O5/c1-5-9-25-23(30)24(31)28-26-14-18-7-8-20(21(13-18)32-6-2)33-15-22(29)27-19-11-16(3)10-17(4)12-19/h7-8,10-14H,5-6,9,15H2,1-4H3,(H,25,30)(H,27,29)(H,28,31)/b26-14-. The summed E-state index contributed by atoms with van der Waals surface area (Å²) in [4.78, 5) is 35.5. The highest BCUT2D eigenvalue weighted by atomic mass is 16.5. The first kappa shape index (κ1) is 25.4. The molecule has 9 nitrogen and oxygen atoms in total. The third kappa shape index (κ3) is 8.64. The molecule has 0 aliphatic carbocycles. The van der Waals surface area contributed by atoms with Crippen LogP contribution in [0.3, 0.4) is 0 Å². The lowest BCUT2D eigenvalue weighted by atomic mass is 10.1. The first-order chi connectivity index (χ1) is 15.8. The number of hydrazone groups is 1. The lowest BCUT2D eigenvalue weighted by Crippen LogP contribution is -2.38. The molecule has 176 valence electrons. The summed E-state index contributed by atoms with van der Waals surface area (Å²) in [6.45, 7) is 8.25. The Morgan fingerprint density at radius 1 is 0.939 bits per heavy atom. The van der Waals surface area contributed by atoms with Crippen LogP contribution in [0.2, 0.25) is 0 Å². The van der Waals surface area contributed by atoms with Crippen molar-refractivity contribution in [2.24, 2.45) is 5.10 Å². The van der Waals surface area contributed by atoms with Crippen LogP contribution in [0.5, 0.6) is 11.5 Å². The van der Waals surface area contributed by atoms with Gasteiger partial charge in [0.05, 0.1) is 12.8 Å². The SMILES string of the molecule is CCCNC(=O)C(=O)N/N=C\c1ccc(OCC(=O)Nc2cc(C)cc(C)c2)c(OCC)c1. The maximum absolute atomic E-state index is 12.3. The fourth-order valence-electron chi connectivity index (χ4n) is 2.91. The van der Waals surface area contributed by atoms with Gasteiger partial charge in [-0.2, -0.15) is 5.10 Å². The van der Waals surface area contributed by atoms with E-state index in [-0.39, 0.29) is 12.5 Å². The molecule has 9 heteroatoms. The monoisotopic (exact) mass is 454 g/mol. The Hall–Kier alpha value is -3.88. The quantitative estimate of drug-likeness (QED) is 0.290. The zero-order valence-corrected chi connectivity index (χ0v) is 19.4. The van der Waals surface area contributed by atoms with Gasteiger partial charge in [-0.3, -0.25) is 14.4 Å². The molecule has 0 atom stereocenters. The van der Waals surface area contributed by atoms with Crippen molar-refractivity contribution in [3.05, 3.63) is 53.1 Å². The molecule has 0 aromatic heterocycles. The van der Waals surface area contributed by atoms with Crippen molar-refractivity contribution in [3.63, 3.8) is 0 Å². The molecule has 0 heterocycles. The van der Waals surface area contributed by atoms with Gasteiger partial charge in [-0.05, 0) is 74.2 Å². The lowest BCUT2D eigenvalue weighted by Gasteiger charge is -2.13. The van der Waals surface area contributed by atoms with Gasteiger partial charge in [0.15, 0.2) is 18.1 Å². The minimum absolute atomic E-state index is 0.191. The molecule has 0 aliphatic rings. The van der Waals surface area contributed by atoms with Crippen molar-refractivity contribution in [1.82, 2.24) is 10.7 Å². The topological polar surface area (TPSA) is 118 Å². The Morgan fingerprint density at radius 3 is 2.33 bits per heavy atom. The molecule has 0 spiro atoms. The Morgan fingerprint density at radius 2 is 1.67 bits per heavy atom.